The minimum Gasteiger partial charge on any atom is -0.391 e. The largest absolute Gasteiger partial charge is 0.421 e. The van der Waals surface area contributed by atoms with Crippen LogP contribution in [0.5, 0.6) is 0 Å². The molecule has 1 amide bonds. The molecule has 1 aromatic rings. The smallest absolute Gasteiger partial charge is 0.391 e. The van der Waals surface area contributed by atoms with Crippen molar-refractivity contribution in [3.05, 3.63) is 35.9 Å². The normalized spacial score (nSPS) is 25.6. The Labute approximate surface area is 156 Å². The molecule has 2 saturated heterocycles. The zero-order valence-corrected chi connectivity index (χ0v) is 15.2. The molecule has 0 aliphatic carbocycles. The topological polar surface area (TPSA) is 64.0 Å². The number of aliphatic hydroxyl groups is 2. The minimum absolute atomic E-state index is 0.00523. The number of benzene rings is 1. The van der Waals surface area contributed by atoms with Crippen molar-refractivity contribution < 1.29 is 28.2 Å². The zero-order chi connectivity index (χ0) is 19.9. The quantitative estimate of drug-likeness (QED) is 0.833. The maximum Gasteiger partial charge on any atom is 0.421 e. The van der Waals surface area contributed by atoms with E-state index in [1.54, 1.807) is 6.07 Å². The maximum absolute atomic E-state index is 13.7. The van der Waals surface area contributed by atoms with Gasteiger partial charge in [0.15, 0.2) is 5.60 Å². The molecule has 8 heteroatoms. The Morgan fingerprint density at radius 1 is 1.22 bits per heavy atom. The van der Waals surface area contributed by atoms with Crippen molar-refractivity contribution >= 4 is 5.91 Å². The highest BCUT2D eigenvalue weighted by atomic mass is 19.4. The number of hydrogen-bond donors (Lipinski definition) is 2. The lowest BCUT2D eigenvalue weighted by Crippen LogP contribution is -2.55. The maximum atomic E-state index is 13.7. The van der Waals surface area contributed by atoms with Gasteiger partial charge in [-0.05, 0) is 31.9 Å². The predicted octanol–water partition coefficient (Wildman–Crippen LogP) is 1.88. The van der Waals surface area contributed by atoms with Gasteiger partial charge in [0, 0.05) is 25.2 Å². The molecule has 0 aromatic heterocycles. The Hall–Kier alpha value is -1.64. The predicted molar refractivity (Wildman–Crippen MR) is 92.8 cm³/mol. The van der Waals surface area contributed by atoms with E-state index in [0.29, 0.717) is 32.4 Å². The number of amides is 1. The number of carbonyl (C=O) groups excluding carboxylic acids is 1. The van der Waals surface area contributed by atoms with Gasteiger partial charge >= 0.3 is 6.18 Å². The molecule has 1 aromatic carbocycles. The summed E-state index contributed by atoms with van der Waals surface area (Å²) >= 11 is 0. The summed E-state index contributed by atoms with van der Waals surface area (Å²) in [5, 5.41) is 20.6. The fourth-order valence-corrected chi connectivity index (χ4v) is 4.29. The number of rotatable bonds is 3. The third-order valence-corrected chi connectivity index (χ3v) is 5.93. The lowest BCUT2D eigenvalue weighted by atomic mass is 9.83. The standard InChI is InChI=1S/C19H25F3N2O3/c1-23-9-7-17(8-10-23)11-15(25)13-24(17)16(26)12-18(27,19(20,21)22)14-5-3-2-4-6-14/h2-6,15,25,27H,7-13H2,1H3. The number of nitrogens with zero attached hydrogens (tertiary/aromatic N) is 2. The Morgan fingerprint density at radius 2 is 1.81 bits per heavy atom. The summed E-state index contributed by atoms with van der Waals surface area (Å²) in [4.78, 5) is 16.4. The summed E-state index contributed by atoms with van der Waals surface area (Å²) in [6.07, 6.45) is -5.28. The highest BCUT2D eigenvalue weighted by Gasteiger charge is 2.58. The summed E-state index contributed by atoms with van der Waals surface area (Å²) in [5.41, 5.74) is -4.25. The molecule has 2 N–H and O–H groups in total. The monoisotopic (exact) mass is 386 g/mol. The average molecular weight is 386 g/mol. The Kier molecular flexibility index (Phi) is 5.26. The molecule has 0 bridgehead atoms. The first kappa shape index (κ1) is 20.1. The minimum atomic E-state index is -5.00. The van der Waals surface area contributed by atoms with Crippen molar-refractivity contribution in [2.75, 3.05) is 26.7 Å². The van der Waals surface area contributed by atoms with E-state index < -0.39 is 35.7 Å². The molecule has 2 aliphatic heterocycles. The van der Waals surface area contributed by atoms with Gasteiger partial charge in [0.2, 0.25) is 5.91 Å². The highest BCUT2D eigenvalue weighted by Crippen LogP contribution is 2.44. The van der Waals surface area contributed by atoms with E-state index in [0.717, 1.165) is 0 Å². The van der Waals surface area contributed by atoms with Crippen LogP contribution in [0.2, 0.25) is 0 Å². The second-order valence-electron chi connectivity index (χ2n) is 7.79. The molecule has 2 atom stereocenters. The zero-order valence-electron chi connectivity index (χ0n) is 15.2. The highest BCUT2D eigenvalue weighted by molar-refractivity contribution is 5.79. The molecular weight excluding hydrogens is 361 g/mol. The Morgan fingerprint density at radius 3 is 2.37 bits per heavy atom. The molecule has 1 spiro atoms. The number of hydrogen-bond acceptors (Lipinski definition) is 4. The summed E-state index contributed by atoms with van der Waals surface area (Å²) in [5.74, 6) is -0.778. The van der Waals surface area contributed by atoms with E-state index in [9.17, 15) is 28.2 Å². The second kappa shape index (κ2) is 7.07. The van der Waals surface area contributed by atoms with E-state index in [1.807, 2.05) is 7.05 Å². The van der Waals surface area contributed by atoms with Crippen LogP contribution in [0, 0.1) is 0 Å². The average Bonchev–Trinajstić information content (AvgIpc) is 2.93. The van der Waals surface area contributed by atoms with Crippen LogP contribution in [0.25, 0.3) is 0 Å². The van der Waals surface area contributed by atoms with Crippen LogP contribution in [-0.2, 0) is 10.4 Å². The number of piperidine rings is 1. The van der Waals surface area contributed by atoms with Crippen molar-refractivity contribution in [2.45, 2.75) is 49.1 Å². The van der Waals surface area contributed by atoms with E-state index in [2.05, 4.69) is 4.90 Å². The van der Waals surface area contributed by atoms with E-state index in [1.165, 1.54) is 29.2 Å². The van der Waals surface area contributed by atoms with Crippen LogP contribution in [0.15, 0.2) is 30.3 Å². The van der Waals surface area contributed by atoms with Gasteiger partial charge in [0.25, 0.3) is 0 Å². The molecule has 2 fully saturated rings. The number of halogens is 3. The molecule has 2 heterocycles. The summed E-state index contributed by atoms with van der Waals surface area (Å²) in [7, 11) is 1.95. The fraction of sp³-hybridized carbons (Fsp3) is 0.632. The van der Waals surface area contributed by atoms with Gasteiger partial charge in [0.1, 0.15) is 0 Å². The third-order valence-electron chi connectivity index (χ3n) is 5.93. The molecule has 2 aliphatic rings. The summed E-state index contributed by atoms with van der Waals surface area (Å²) in [6.45, 7) is 1.42. The van der Waals surface area contributed by atoms with Crippen LogP contribution in [0.3, 0.4) is 0 Å². The van der Waals surface area contributed by atoms with E-state index in [4.69, 9.17) is 0 Å². The molecule has 0 saturated carbocycles. The number of aliphatic hydroxyl groups excluding tert-OH is 1. The van der Waals surface area contributed by atoms with Gasteiger partial charge < -0.3 is 20.0 Å². The first-order chi connectivity index (χ1) is 12.6. The van der Waals surface area contributed by atoms with Crippen molar-refractivity contribution in [3.8, 4) is 0 Å². The molecule has 150 valence electrons. The molecule has 5 nitrogen and oxygen atoms in total. The summed E-state index contributed by atoms with van der Waals surface area (Å²) in [6, 6.07) is 6.69. The lowest BCUT2D eigenvalue weighted by Gasteiger charge is -2.45. The lowest BCUT2D eigenvalue weighted by molar-refractivity contribution is -0.268. The number of carbonyl (C=O) groups is 1. The Bertz CT molecular complexity index is 675. The van der Waals surface area contributed by atoms with Crippen molar-refractivity contribution in [2.24, 2.45) is 0 Å². The second-order valence-corrected chi connectivity index (χ2v) is 7.79. The number of likely N-dealkylation sites (tertiary alicyclic amines) is 2. The van der Waals surface area contributed by atoms with Gasteiger partial charge in [-0.15, -0.1) is 0 Å². The van der Waals surface area contributed by atoms with Crippen LogP contribution < -0.4 is 0 Å². The third kappa shape index (κ3) is 3.70. The van der Waals surface area contributed by atoms with E-state index in [-0.39, 0.29) is 12.1 Å². The van der Waals surface area contributed by atoms with Gasteiger partial charge in [-0.25, -0.2) is 0 Å². The van der Waals surface area contributed by atoms with Crippen LogP contribution in [0.4, 0.5) is 13.2 Å². The van der Waals surface area contributed by atoms with Gasteiger partial charge in [0.05, 0.1) is 12.5 Å². The van der Waals surface area contributed by atoms with Crippen molar-refractivity contribution in [1.82, 2.24) is 9.80 Å². The molecule has 27 heavy (non-hydrogen) atoms. The van der Waals surface area contributed by atoms with Crippen LogP contribution in [-0.4, -0.2) is 70.4 Å². The number of alkyl halides is 3. The van der Waals surface area contributed by atoms with Crippen LogP contribution >= 0.6 is 0 Å². The summed E-state index contributed by atoms with van der Waals surface area (Å²) < 4.78 is 41.2. The van der Waals surface area contributed by atoms with Crippen molar-refractivity contribution in [1.29, 1.82) is 0 Å². The first-order valence-electron chi connectivity index (χ1n) is 9.09. The van der Waals surface area contributed by atoms with E-state index >= 15 is 0 Å². The van der Waals surface area contributed by atoms with Gasteiger partial charge in [-0.3, -0.25) is 4.79 Å². The van der Waals surface area contributed by atoms with Gasteiger partial charge in [-0.2, -0.15) is 13.2 Å². The SMILES string of the molecule is CN1CCC2(CC1)CC(O)CN2C(=O)CC(O)(c1ccccc1)C(F)(F)F. The van der Waals surface area contributed by atoms with Crippen molar-refractivity contribution in [3.63, 3.8) is 0 Å². The van der Waals surface area contributed by atoms with Gasteiger partial charge in [-0.1, -0.05) is 30.3 Å². The first-order valence-corrected chi connectivity index (χ1v) is 9.09. The molecule has 3 rings (SSSR count). The van der Waals surface area contributed by atoms with Crippen LogP contribution in [0.1, 0.15) is 31.2 Å². The molecule has 0 radical (unpaired) electrons. The molecular formula is C19H25F3N2O3. The fourth-order valence-electron chi connectivity index (χ4n) is 4.29. The molecule has 2 unspecified atom stereocenters. The Balaban J connectivity index is 1.87. The number of β-amino-alcohol motifs (C(OH)–C–C–N with tert-alkyl or cyclic N) is 1.